The average molecular weight is 201 g/mol. The van der Waals surface area contributed by atoms with E-state index in [9.17, 15) is 0 Å². The fourth-order valence-electron chi connectivity index (χ4n) is 3.43. The summed E-state index contributed by atoms with van der Waals surface area (Å²) < 4.78 is 0. The van der Waals surface area contributed by atoms with E-state index >= 15 is 0 Å². The van der Waals surface area contributed by atoms with Crippen molar-refractivity contribution in [1.82, 2.24) is 5.32 Å². The summed E-state index contributed by atoms with van der Waals surface area (Å²) >= 11 is 0. The lowest BCUT2D eigenvalue weighted by Gasteiger charge is -2.34. The van der Waals surface area contributed by atoms with E-state index in [4.69, 9.17) is 0 Å². The molecule has 0 radical (unpaired) electrons. The molecule has 1 saturated carbocycles. The zero-order chi connectivity index (χ0) is 10.3. The van der Waals surface area contributed by atoms with Crippen LogP contribution in [0.5, 0.6) is 0 Å². The SMILES string of the molecule is Cc1cccc(C23CCC(CNC2)C3)c1. The molecule has 2 aliphatic rings. The van der Waals surface area contributed by atoms with Crippen LogP contribution in [0.3, 0.4) is 0 Å². The van der Waals surface area contributed by atoms with Crippen LogP contribution in [0.4, 0.5) is 0 Å². The molecule has 80 valence electrons. The highest BCUT2D eigenvalue weighted by molar-refractivity contribution is 5.32. The summed E-state index contributed by atoms with van der Waals surface area (Å²) in [6.07, 6.45) is 4.21. The number of nitrogens with one attached hydrogen (secondary N) is 1. The Morgan fingerprint density at radius 1 is 1.40 bits per heavy atom. The third kappa shape index (κ3) is 1.50. The fraction of sp³-hybridized carbons (Fsp3) is 0.571. The van der Waals surface area contributed by atoms with Crippen molar-refractivity contribution < 1.29 is 0 Å². The first-order chi connectivity index (χ1) is 7.28. The highest BCUT2D eigenvalue weighted by Crippen LogP contribution is 2.45. The van der Waals surface area contributed by atoms with Crippen LogP contribution in [0.2, 0.25) is 0 Å². The van der Waals surface area contributed by atoms with Crippen LogP contribution < -0.4 is 5.32 Å². The van der Waals surface area contributed by atoms with Gasteiger partial charge in [0.2, 0.25) is 0 Å². The van der Waals surface area contributed by atoms with Crippen LogP contribution in [0.25, 0.3) is 0 Å². The molecular formula is C14H19N. The number of benzene rings is 1. The molecule has 1 saturated heterocycles. The predicted octanol–water partition coefficient (Wildman–Crippen LogP) is 2.64. The first-order valence-electron chi connectivity index (χ1n) is 6.06. The summed E-state index contributed by atoms with van der Waals surface area (Å²) in [6, 6.07) is 9.11. The van der Waals surface area contributed by atoms with E-state index in [-0.39, 0.29) is 0 Å². The van der Waals surface area contributed by atoms with Gasteiger partial charge in [-0.15, -0.1) is 0 Å². The lowest BCUT2D eigenvalue weighted by atomic mass is 9.76. The van der Waals surface area contributed by atoms with Gasteiger partial charge in [-0.1, -0.05) is 29.8 Å². The van der Waals surface area contributed by atoms with E-state index in [0.29, 0.717) is 5.41 Å². The van der Waals surface area contributed by atoms with Crippen LogP contribution in [0.1, 0.15) is 30.4 Å². The summed E-state index contributed by atoms with van der Waals surface area (Å²) in [5.41, 5.74) is 3.43. The Balaban J connectivity index is 1.98. The van der Waals surface area contributed by atoms with E-state index in [1.807, 2.05) is 0 Å². The normalized spacial score (nSPS) is 34.3. The van der Waals surface area contributed by atoms with Crippen molar-refractivity contribution in [3.05, 3.63) is 35.4 Å². The predicted molar refractivity (Wildman–Crippen MR) is 63.1 cm³/mol. The Morgan fingerprint density at radius 3 is 3.20 bits per heavy atom. The Kier molecular flexibility index (Phi) is 2.10. The molecule has 1 N–H and O–H groups in total. The summed E-state index contributed by atoms with van der Waals surface area (Å²) in [5.74, 6) is 0.930. The molecule has 1 nitrogen and oxygen atoms in total. The molecule has 1 aromatic rings. The second-order valence-corrected chi connectivity index (χ2v) is 5.39. The van der Waals surface area contributed by atoms with Gasteiger partial charge in [0.05, 0.1) is 0 Å². The summed E-state index contributed by atoms with van der Waals surface area (Å²) in [6.45, 7) is 4.63. The Morgan fingerprint density at radius 2 is 2.33 bits per heavy atom. The van der Waals surface area contributed by atoms with Gasteiger partial charge in [-0.3, -0.25) is 0 Å². The van der Waals surface area contributed by atoms with Gasteiger partial charge in [-0.2, -0.15) is 0 Å². The van der Waals surface area contributed by atoms with Crippen molar-refractivity contribution in [1.29, 1.82) is 0 Å². The number of piperidine rings is 1. The highest BCUT2D eigenvalue weighted by atomic mass is 14.9. The first kappa shape index (κ1) is 9.41. The van der Waals surface area contributed by atoms with Crippen LogP contribution in [0, 0.1) is 12.8 Å². The van der Waals surface area contributed by atoms with Gasteiger partial charge in [-0.25, -0.2) is 0 Å². The van der Waals surface area contributed by atoms with Crippen molar-refractivity contribution in [2.75, 3.05) is 13.1 Å². The topological polar surface area (TPSA) is 12.0 Å². The van der Waals surface area contributed by atoms with Gasteiger partial charge in [0.25, 0.3) is 0 Å². The maximum absolute atomic E-state index is 3.61. The smallest absolute Gasteiger partial charge is 0.00811 e. The Labute approximate surface area is 91.9 Å². The number of aryl methyl sites for hydroxylation is 1. The van der Waals surface area contributed by atoms with Crippen molar-refractivity contribution in [2.24, 2.45) is 5.92 Å². The third-order valence-corrected chi connectivity index (χ3v) is 4.24. The van der Waals surface area contributed by atoms with Gasteiger partial charge < -0.3 is 5.32 Å². The van der Waals surface area contributed by atoms with E-state index in [0.717, 1.165) is 5.92 Å². The van der Waals surface area contributed by atoms with Crippen LogP contribution in [-0.2, 0) is 5.41 Å². The van der Waals surface area contributed by atoms with Gasteiger partial charge >= 0.3 is 0 Å². The number of hydrogen-bond acceptors (Lipinski definition) is 1. The molecule has 15 heavy (non-hydrogen) atoms. The van der Waals surface area contributed by atoms with Crippen molar-refractivity contribution in [3.8, 4) is 0 Å². The van der Waals surface area contributed by atoms with E-state index in [2.05, 4.69) is 36.5 Å². The second-order valence-electron chi connectivity index (χ2n) is 5.39. The highest BCUT2D eigenvalue weighted by Gasteiger charge is 2.42. The van der Waals surface area contributed by atoms with Crippen LogP contribution >= 0.6 is 0 Å². The van der Waals surface area contributed by atoms with E-state index in [1.54, 1.807) is 5.56 Å². The maximum atomic E-state index is 3.61. The molecule has 0 amide bonds. The third-order valence-electron chi connectivity index (χ3n) is 4.24. The fourth-order valence-corrected chi connectivity index (χ4v) is 3.43. The Hall–Kier alpha value is -0.820. The standard InChI is InChI=1S/C14H19N/c1-11-3-2-4-13(7-11)14-6-5-12(8-14)9-15-10-14/h2-4,7,12,15H,5-6,8-10H2,1H3. The zero-order valence-corrected chi connectivity index (χ0v) is 9.42. The largest absolute Gasteiger partial charge is 0.316 e. The van der Waals surface area contributed by atoms with Gasteiger partial charge in [-0.05, 0) is 44.2 Å². The molecular weight excluding hydrogens is 182 g/mol. The van der Waals surface area contributed by atoms with Crippen LogP contribution in [0.15, 0.2) is 24.3 Å². The minimum absolute atomic E-state index is 0.467. The summed E-state index contributed by atoms with van der Waals surface area (Å²) in [4.78, 5) is 0. The lowest BCUT2D eigenvalue weighted by molar-refractivity contribution is 0.327. The maximum Gasteiger partial charge on any atom is 0.00811 e. The zero-order valence-electron chi connectivity index (χ0n) is 9.42. The summed E-state index contributed by atoms with van der Waals surface area (Å²) in [7, 11) is 0. The molecule has 2 atom stereocenters. The molecule has 0 spiro atoms. The van der Waals surface area contributed by atoms with Gasteiger partial charge in [0.1, 0.15) is 0 Å². The molecule has 1 aliphatic carbocycles. The molecule has 2 bridgehead atoms. The average Bonchev–Trinajstić information content (AvgIpc) is 2.56. The molecule has 3 rings (SSSR count). The second kappa shape index (κ2) is 3.34. The Bertz CT molecular complexity index is 367. The molecule has 1 aliphatic heterocycles. The quantitative estimate of drug-likeness (QED) is 0.736. The van der Waals surface area contributed by atoms with Crippen molar-refractivity contribution >= 4 is 0 Å². The minimum atomic E-state index is 0.467. The monoisotopic (exact) mass is 201 g/mol. The minimum Gasteiger partial charge on any atom is -0.316 e. The van der Waals surface area contributed by atoms with Crippen molar-refractivity contribution in [3.63, 3.8) is 0 Å². The molecule has 2 fully saturated rings. The van der Waals surface area contributed by atoms with E-state index < -0.39 is 0 Å². The molecule has 0 aromatic heterocycles. The van der Waals surface area contributed by atoms with E-state index in [1.165, 1.54) is 37.9 Å². The molecule has 1 heterocycles. The summed E-state index contributed by atoms with van der Waals surface area (Å²) in [5, 5.41) is 3.61. The van der Waals surface area contributed by atoms with Gasteiger partial charge in [0, 0.05) is 12.0 Å². The molecule has 2 unspecified atom stereocenters. The number of rotatable bonds is 1. The van der Waals surface area contributed by atoms with Crippen LogP contribution in [-0.4, -0.2) is 13.1 Å². The van der Waals surface area contributed by atoms with Crippen molar-refractivity contribution in [2.45, 2.75) is 31.6 Å². The molecule has 1 heteroatoms. The van der Waals surface area contributed by atoms with Gasteiger partial charge in [0.15, 0.2) is 0 Å². The first-order valence-corrected chi connectivity index (χ1v) is 6.06. The lowest BCUT2D eigenvalue weighted by Crippen LogP contribution is -2.42. The molecule has 1 aromatic carbocycles. The number of fused-ring (bicyclic) bond motifs is 2. The number of hydrogen-bond donors (Lipinski definition) is 1.